The van der Waals surface area contributed by atoms with Crippen LogP contribution in [0.15, 0.2) is 90.3 Å². The predicted octanol–water partition coefficient (Wildman–Crippen LogP) is 5.93. The van der Waals surface area contributed by atoms with Crippen LogP contribution in [-0.2, 0) is 4.79 Å². The molecule has 5 aromatic rings. The fourth-order valence-corrected chi connectivity index (χ4v) is 5.28. The number of anilines is 3. The molecule has 2 aromatic carbocycles. The molecule has 0 aliphatic heterocycles. The van der Waals surface area contributed by atoms with Crippen molar-refractivity contribution in [3.63, 3.8) is 0 Å². The molecule has 0 saturated heterocycles. The lowest BCUT2D eigenvalue weighted by Gasteiger charge is -2.22. The minimum absolute atomic E-state index is 0.246. The second-order valence-electron chi connectivity index (χ2n) is 10.7. The summed E-state index contributed by atoms with van der Waals surface area (Å²) in [5.41, 5.74) is 2.53. The van der Waals surface area contributed by atoms with Crippen LogP contribution >= 0.6 is 11.6 Å². The van der Waals surface area contributed by atoms with Crippen LogP contribution in [0.5, 0.6) is 11.5 Å². The molecular formula is C34H34ClN7O4. The Bertz CT molecular complexity index is 1960. The Labute approximate surface area is 271 Å². The molecule has 46 heavy (non-hydrogen) atoms. The van der Waals surface area contributed by atoms with Crippen molar-refractivity contribution >= 4 is 45.7 Å². The highest BCUT2D eigenvalue weighted by Crippen LogP contribution is 2.39. The molecule has 3 heterocycles. The summed E-state index contributed by atoms with van der Waals surface area (Å²) in [6, 6.07) is 15.6. The molecule has 5 rings (SSSR count). The van der Waals surface area contributed by atoms with E-state index in [-0.39, 0.29) is 16.5 Å². The van der Waals surface area contributed by atoms with Crippen molar-refractivity contribution in [3.8, 4) is 22.6 Å². The van der Waals surface area contributed by atoms with Crippen molar-refractivity contribution < 1.29 is 14.3 Å². The van der Waals surface area contributed by atoms with Crippen molar-refractivity contribution in [2.24, 2.45) is 0 Å². The van der Waals surface area contributed by atoms with Crippen LogP contribution in [0, 0.1) is 0 Å². The first kappa shape index (κ1) is 32.1. The van der Waals surface area contributed by atoms with E-state index in [9.17, 15) is 9.59 Å². The van der Waals surface area contributed by atoms with Gasteiger partial charge in [-0.15, -0.1) is 0 Å². The summed E-state index contributed by atoms with van der Waals surface area (Å²) in [6.45, 7) is 2.57. The van der Waals surface area contributed by atoms with Gasteiger partial charge in [-0.2, -0.15) is 0 Å². The third-order valence-electron chi connectivity index (χ3n) is 7.28. The average Bonchev–Trinajstić information content (AvgIpc) is 3.05. The van der Waals surface area contributed by atoms with E-state index in [0.717, 1.165) is 5.56 Å². The number of rotatable bonds is 11. The van der Waals surface area contributed by atoms with Crippen molar-refractivity contribution in [1.29, 1.82) is 0 Å². The molecule has 0 saturated carbocycles. The summed E-state index contributed by atoms with van der Waals surface area (Å²) < 4.78 is 12.7. The molecule has 0 spiro atoms. The van der Waals surface area contributed by atoms with E-state index in [1.807, 2.05) is 44.1 Å². The monoisotopic (exact) mass is 639 g/mol. The fraction of sp³-hybridized carbons (Fsp3) is 0.206. The Morgan fingerprint density at radius 3 is 2.59 bits per heavy atom. The van der Waals surface area contributed by atoms with Gasteiger partial charge in [0, 0.05) is 59.3 Å². The normalized spacial score (nSPS) is 12.0. The Morgan fingerprint density at radius 1 is 1.04 bits per heavy atom. The SMILES string of the molecule is COc1cc(OC)c(Cl)c(-c2cc3cnc(Nc4ccncn4)cc3n(C(C)c3cccc(NC(=O)/C=C/CN(C)C)c3)c2=O)c1. The molecule has 2 N–H and O–H groups in total. The van der Waals surface area contributed by atoms with Crippen LogP contribution in [0.4, 0.5) is 17.3 Å². The standard InChI is InChI=1S/C34H34ClN7O4/c1-21(22-8-6-9-24(14-22)39-32(43)10-7-13-41(2)3)42-28-18-31(40-30-11-12-36-20-38-30)37-19-23(28)15-27(34(42)44)26-16-25(45-4)17-29(46-5)33(26)35/h6-12,14-21H,13H2,1-5H3,(H,39,43)(H,36,37,38,40)/b10-7+. The zero-order valence-corrected chi connectivity index (χ0v) is 26.9. The number of fused-ring (bicyclic) bond motifs is 1. The molecule has 11 nitrogen and oxygen atoms in total. The Balaban J connectivity index is 1.65. The van der Waals surface area contributed by atoms with Crippen LogP contribution in [0.2, 0.25) is 5.02 Å². The fourth-order valence-electron chi connectivity index (χ4n) is 4.99. The smallest absolute Gasteiger partial charge is 0.259 e. The van der Waals surface area contributed by atoms with E-state index < -0.39 is 6.04 Å². The zero-order chi connectivity index (χ0) is 32.8. The molecule has 3 aromatic heterocycles. The zero-order valence-electron chi connectivity index (χ0n) is 26.1. The van der Waals surface area contributed by atoms with Gasteiger partial charge < -0.3 is 29.6 Å². The molecular weight excluding hydrogens is 606 g/mol. The number of benzene rings is 2. The maximum Gasteiger partial charge on any atom is 0.259 e. The number of hydrogen-bond donors (Lipinski definition) is 2. The highest BCUT2D eigenvalue weighted by molar-refractivity contribution is 6.35. The molecule has 0 aliphatic carbocycles. The number of hydrogen-bond acceptors (Lipinski definition) is 9. The molecule has 1 atom stereocenters. The number of aromatic nitrogens is 4. The minimum atomic E-state index is -0.475. The number of carbonyl (C=O) groups is 1. The lowest BCUT2D eigenvalue weighted by Crippen LogP contribution is -2.26. The van der Waals surface area contributed by atoms with Gasteiger partial charge in [0.05, 0.1) is 30.8 Å². The summed E-state index contributed by atoms with van der Waals surface area (Å²) in [7, 11) is 6.90. The van der Waals surface area contributed by atoms with Crippen LogP contribution < -0.4 is 25.7 Å². The summed E-state index contributed by atoms with van der Waals surface area (Å²) in [4.78, 5) is 41.8. The van der Waals surface area contributed by atoms with Gasteiger partial charge in [0.1, 0.15) is 29.5 Å². The average molecular weight is 640 g/mol. The molecule has 12 heteroatoms. The number of methoxy groups -OCH3 is 2. The Kier molecular flexibility index (Phi) is 9.94. The lowest BCUT2D eigenvalue weighted by molar-refractivity contribution is -0.111. The van der Waals surface area contributed by atoms with Crippen LogP contribution in [0.1, 0.15) is 18.5 Å². The van der Waals surface area contributed by atoms with Crippen LogP contribution in [-0.4, -0.2) is 65.2 Å². The van der Waals surface area contributed by atoms with Gasteiger partial charge >= 0.3 is 0 Å². The Hall–Kier alpha value is -5.26. The summed E-state index contributed by atoms with van der Waals surface area (Å²) in [5.74, 6) is 1.66. The quantitative estimate of drug-likeness (QED) is 0.169. The number of amides is 1. The minimum Gasteiger partial charge on any atom is -0.497 e. The number of nitrogens with zero attached hydrogens (tertiary/aromatic N) is 5. The number of likely N-dealkylation sites (N-methyl/N-ethyl adjacent to an activating group) is 1. The first-order chi connectivity index (χ1) is 22.2. The molecule has 0 aliphatic rings. The van der Waals surface area contributed by atoms with E-state index in [2.05, 4.69) is 25.6 Å². The van der Waals surface area contributed by atoms with Crippen molar-refractivity contribution in [1.82, 2.24) is 24.4 Å². The van der Waals surface area contributed by atoms with Crippen LogP contribution in [0.25, 0.3) is 22.0 Å². The van der Waals surface area contributed by atoms with Gasteiger partial charge in [-0.3, -0.25) is 9.59 Å². The molecule has 1 amide bonds. The van der Waals surface area contributed by atoms with Crippen molar-refractivity contribution in [2.75, 3.05) is 45.5 Å². The molecule has 0 bridgehead atoms. The second-order valence-corrected chi connectivity index (χ2v) is 11.1. The lowest BCUT2D eigenvalue weighted by atomic mass is 10.0. The third-order valence-corrected chi connectivity index (χ3v) is 7.67. The number of halogens is 1. The maximum absolute atomic E-state index is 14.5. The summed E-state index contributed by atoms with van der Waals surface area (Å²) >= 11 is 6.77. The molecule has 0 radical (unpaired) electrons. The predicted molar refractivity (Wildman–Crippen MR) is 181 cm³/mol. The van der Waals surface area contributed by atoms with E-state index in [0.29, 0.717) is 57.4 Å². The van der Waals surface area contributed by atoms with Gasteiger partial charge in [-0.25, -0.2) is 15.0 Å². The third kappa shape index (κ3) is 7.17. The molecule has 0 fully saturated rings. The first-order valence-electron chi connectivity index (χ1n) is 14.4. The largest absolute Gasteiger partial charge is 0.497 e. The van der Waals surface area contributed by atoms with Gasteiger partial charge in [0.25, 0.3) is 5.56 Å². The molecule has 1 unspecified atom stereocenters. The number of nitrogens with one attached hydrogen (secondary N) is 2. The Morgan fingerprint density at radius 2 is 1.87 bits per heavy atom. The summed E-state index contributed by atoms with van der Waals surface area (Å²) in [6.07, 6.45) is 8.04. The van der Waals surface area contributed by atoms with Gasteiger partial charge in [-0.05, 0) is 56.9 Å². The van der Waals surface area contributed by atoms with Gasteiger partial charge in [0.15, 0.2) is 0 Å². The highest BCUT2D eigenvalue weighted by atomic mass is 35.5. The summed E-state index contributed by atoms with van der Waals surface area (Å²) in [5, 5.41) is 7.06. The number of carbonyl (C=O) groups excluding carboxylic acids is 1. The first-order valence-corrected chi connectivity index (χ1v) is 14.8. The second kappa shape index (κ2) is 14.2. The molecule has 236 valence electrons. The van der Waals surface area contributed by atoms with Gasteiger partial charge in [0.2, 0.25) is 5.91 Å². The highest BCUT2D eigenvalue weighted by Gasteiger charge is 2.22. The van der Waals surface area contributed by atoms with E-state index in [1.54, 1.807) is 59.4 Å². The van der Waals surface area contributed by atoms with Crippen LogP contribution in [0.3, 0.4) is 0 Å². The maximum atomic E-state index is 14.5. The van der Waals surface area contributed by atoms with E-state index in [4.69, 9.17) is 21.1 Å². The van der Waals surface area contributed by atoms with Crippen molar-refractivity contribution in [3.05, 3.63) is 106 Å². The number of ether oxygens (including phenoxy) is 2. The van der Waals surface area contributed by atoms with E-state index in [1.165, 1.54) is 26.6 Å². The van der Waals surface area contributed by atoms with Crippen molar-refractivity contribution in [2.45, 2.75) is 13.0 Å². The van der Waals surface area contributed by atoms with Gasteiger partial charge in [-0.1, -0.05) is 29.8 Å². The number of pyridine rings is 2. The van der Waals surface area contributed by atoms with E-state index >= 15 is 0 Å². The topological polar surface area (TPSA) is 124 Å².